The lowest BCUT2D eigenvalue weighted by Gasteiger charge is -2.25. The second-order valence-corrected chi connectivity index (χ2v) is 5.54. The van der Waals surface area contributed by atoms with Gasteiger partial charge in [-0.05, 0) is 6.42 Å². The molecule has 0 aliphatic carbocycles. The lowest BCUT2D eigenvalue weighted by molar-refractivity contribution is 0.0384. The molecule has 1 saturated heterocycles. The van der Waals surface area contributed by atoms with Gasteiger partial charge in [0.15, 0.2) is 0 Å². The lowest BCUT2D eigenvalue weighted by Crippen LogP contribution is -2.37. The Kier molecular flexibility index (Phi) is 5.12. The summed E-state index contributed by atoms with van der Waals surface area (Å²) in [5, 5.41) is 9.96. The molecule has 0 unspecified atom stereocenters. The normalized spacial score (nSPS) is 16.7. The summed E-state index contributed by atoms with van der Waals surface area (Å²) < 4.78 is 5.33. The molecule has 1 aliphatic rings. The Morgan fingerprint density at radius 3 is 2.89 bits per heavy atom. The van der Waals surface area contributed by atoms with Crippen LogP contribution in [0.25, 0.3) is 0 Å². The lowest BCUT2D eigenvalue weighted by atomic mass is 10.2. The van der Waals surface area contributed by atoms with Crippen LogP contribution in [0.3, 0.4) is 0 Å². The van der Waals surface area contributed by atoms with Gasteiger partial charge in [-0.1, -0.05) is 6.92 Å². The second-order valence-electron chi connectivity index (χ2n) is 4.37. The van der Waals surface area contributed by atoms with Crippen LogP contribution in [0.5, 0.6) is 0 Å². The van der Waals surface area contributed by atoms with Gasteiger partial charge in [0, 0.05) is 30.9 Å². The maximum Gasteiger partial charge on any atom is 0.0944 e. The van der Waals surface area contributed by atoms with Crippen LogP contribution in [0.1, 0.15) is 22.5 Å². The van der Waals surface area contributed by atoms with Gasteiger partial charge in [-0.2, -0.15) is 5.26 Å². The zero-order valence-corrected chi connectivity index (χ0v) is 11.6. The first kappa shape index (κ1) is 13.5. The van der Waals surface area contributed by atoms with Crippen LogP contribution >= 0.6 is 11.3 Å². The van der Waals surface area contributed by atoms with Crippen molar-refractivity contribution in [3.8, 4) is 6.07 Å². The molecule has 4 nitrogen and oxygen atoms in total. The highest BCUT2D eigenvalue weighted by Gasteiger charge is 2.13. The molecule has 0 saturated carbocycles. The second kappa shape index (κ2) is 6.83. The number of thiazole rings is 1. The van der Waals surface area contributed by atoms with Gasteiger partial charge in [-0.15, -0.1) is 11.3 Å². The Morgan fingerprint density at radius 2 is 2.22 bits per heavy atom. The van der Waals surface area contributed by atoms with E-state index in [1.54, 1.807) is 11.3 Å². The number of rotatable bonds is 5. The Balaban J connectivity index is 1.90. The maximum absolute atomic E-state index is 8.79. The maximum atomic E-state index is 8.79. The minimum Gasteiger partial charge on any atom is -0.379 e. The number of ether oxygens (including phenoxy) is 1. The molecular formula is C13H19N3OS. The number of aromatic nitrogens is 1. The van der Waals surface area contributed by atoms with E-state index in [0.29, 0.717) is 6.42 Å². The average molecular weight is 265 g/mol. The monoisotopic (exact) mass is 265 g/mol. The van der Waals surface area contributed by atoms with Crippen LogP contribution in [0, 0.1) is 11.3 Å². The quantitative estimate of drug-likeness (QED) is 0.812. The van der Waals surface area contributed by atoms with Gasteiger partial charge in [0.25, 0.3) is 0 Å². The van der Waals surface area contributed by atoms with Gasteiger partial charge in [0.1, 0.15) is 0 Å². The molecule has 1 fully saturated rings. The summed E-state index contributed by atoms with van der Waals surface area (Å²) in [5.41, 5.74) is 1.11. The van der Waals surface area contributed by atoms with E-state index in [4.69, 9.17) is 10.00 Å². The summed E-state index contributed by atoms with van der Waals surface area (Å²) in [6.45, 7) is 6.89. The molecule has 5 heteroatoms. The summed E-state index contributed by atoms with van der Waals surface area (Å²) in [5.74, 6) is 0. The number of aryl methyl sites for hydroxylation is 1. The van der Waals surface area contributed by atoms with Crippen LogP contribution in [0.2, 0.25) is 0 Å². The van der Waals surface area contributed by atoms with Crippen LogP contribution < -0.4 is 0 Å². The molecule has 18 heavy (non-hydrogen) atoms. The van der Waals surface area contributed by atoms with Crippen LogP contribution in [0.15, 0.2) is 0 Å². The van der Waals surface area contributed by atoms with Crippen molar-refractivity contribution in [1.82, 2.24) is 9.88 Å². The first-order chi connectivity index (χ1) is 8.83. The van der Waals surface area contributed by atoms with Crippen molar-refractivity contribution in [3.05, 3.63) is 15.6 Å². The van der Waals surface area contributed by atoms with E-state index >= 15 is 0 Å². The number of nitriles is 1. The average Bonchev–Trinajstić information content (AvgIpc) is 2.80. The van der Waals surface area contributed by atoms with Gasteiger partial charge in [-0.25, -0.2) is 4.98 Å². The summed E-state index contributed by atoms with van der Waals surface area (Å²) in [7, 11) is 0. The number of nitrogens with zero attached hydrogens (tertiary/aromatic N) is 3. The molecule has 0 aromatic carbocycles. The molecule has 0 N–H and O–H groups in total. The van der Waals surface area contributed by atoms with Crippen molar-refractivity contribution in [2.24, 2.45) is 0 Å². The summed E-state index contributed by atoms with van der Waals surface area (Å²) in [4.78, 5) is 8.21. The smallest absolute Gasteiger partial charge is 0.0944 e. The van der Waals surface area contributed by atoms with Gasteiger partial charge in [0.2, 0.25) is 0 Å². The molecular weight excluding hydrogens is 246 g/mol. The van der Waals surface area contributed by atoms with Crippen LogP contribution in [-0.4, -0.2) is 42.7 Å². The predicted octanol–water partition coefficient (Wildman–Crippen LogP) is 1.65. The molecule has 1 aromatic rings. The van der Waals surface area contributed by atoms with Gasteiger partial charge in [0.05, 0.1) is 36.4 Å². The van der Waals surface area contributed by atoms with E-state index in [9.17, 15) is 0 Å². The first-order valence-corrected chi connectivity index (χ1v) is 7.29. The highest BCUT2D eigenvalue weighted by molar-refractivity contribution is 7.11. The molecule has 98 valence electrons. The van der Waals surface area contributed by atoms with E-state index < -0.39 is 0 Å². The molecule has 0 radical (unpaired) electrons. The van der Waals surface area contributed by atoms with E-state index in [1.165, 1.54) is 5.01 Å². The van der Waals surface area contributed by atoms with Crippen molar-refractivity contribution in [2.75, 3.05) is 32.8 Å². The third-order valence-corrected chi connectivity index (χ3v) is 4.30. The third-order valence-electron chi connectivity index (χ3n) is 3.14. The molecule has 2 heterocycles. The Labute approximate surface area is 112 Å². The first-order valence-electron chi connectivity index (χ1n) is 6.48. The van der Waals surface area contributed by atoms with Crippen LogP contribution in [-0.2, 0) is 24.0 Å². The highest BCUT2D eigenvalue weighted by atomic mass is 32.1. The topological polar surface area (TPSA) is 49.2 Å². The fourth-order valence-corrected chi connectivity index (χ4v) is 3.19. The van der Waals surface area contributed by atoms with Crippen molar-refractivity contribution in [2.45, 2.75) is 26.2 Å². The van der Waals surface area contributed by atoms with E-state index in [2.05, 4.69) is 22.9 Å². The molecule has 0 spiro atoms. The molecule has 1 aliphatic heterocycles. The van der Waals surface area contributed by atoms with Crippen molar-refractivity contribution < 1.29 is 4.74 Å². The summed E-state index contributed by atoms with van der Waals surface area (Å²) in [6.07, 6.45) is 2.41. The predicted molar refractivity (Wildman–Crippen MR) is 71.8 cm³/mol. The van der Waals surface area contributed by atoms with E-state index in [0.717, 1.165) is 56.3 Å². The SMILES string of the molecule is CCc1nc(CCN2CCOCC2)sc1CC#N. The molecule has 0 amide bonds. The minimum atomic E-state index is 0.498. The minimum absolute atomic E-state index is 0.498. The largest absolute Gasteiger partial charge is 0.379 e. The van der Waals surface area contributed by atoms with Gasteiger partial charge < -0.3 is 4.74 Å². The number of hydrogen-bond acceptors (Lipinski definition) is 5. The molecule has 2 rings (SSSR count). The molecule has 0 bridgehead atoms. The van der Waals surface area contributed by atoms with E-state index in [-0.39, 0.29) is 0 Å². The molecule has 1 aromatic heterocycles. The zero-order chi connectivity index (χ0) is 12.8. The van der Waals surface area contributed by atoms with Gasteiger partial charge in [-0.3, -0.25) is 4.90 Å². The van der Waals surface area contributed by atoms with E-state index in [1.807, 2.05) is 0 Å². The van der Waals surface area contributed by atoms with Crippen molar-refractivity contribution in [1.29, 1.82) is 5.26 Å². The summed E-state index contributed by atoms with van der Waals surface area (Å²) >= 11 is 1.71. The van der Waals surface area contributed by atoms with Gasteiger partial charge >= 0.3 is 0 Å². The fourth-order valence-electron chi connectivity index (χ4n) is 2.11. The number of morpholine rings is 1. The van der Waals surface area contributed by atoms with Crippen molar-refractivity contribution in [3.63, 3.8) is 0 Å². The standard InChI is InChI=1S/C13H19N3OS/c1-2-11-12(3-5-14)18-13(15-11)4-6-16-7-9-17-10-8-16/h2-4,6-10H2,1H3. The molecule has 0 atom stereocenters. The van der Waals surface area contributed by atoms with Crippen LogP contribution in [0.4, 0.5) is 0 Å². The fraction of sp³-hybridized carbons (Fsp3) is 0.692. The Bertz CT molecular complexity index is 418. The highest BCUT2D eigenvalue weighted by Crippen LogP contribution is 2.20. The Morgan fingerprint density at radius 1 is 1.44 bits per heavy atom. The number of hydrogen-bond donors (Lipinski definition) is 0. The third kappa shape index (κ3) is 3.52. The Hall–Kier alpha value is -0.960. The summed E-state index contributed by atoms with van der Waals surface area (Å²) in [6, 6.07) is 2.22. The van der Waals surface area contributed by atoms with Crippen molar-refractivity contribution >= 4 is 11.3 Å². The zero-order valence-electron chi connectivity index (χ0n) is 10.8.